The van der Waals surface area contributed by atoms with Crippen LogP contribution in [0.1, 0.15) is 69.3 Å². The highest BCUT2D eigenvalue weighted by Crippen LogP contribution is 2.29. The lowest BCUT2D eigenvalue weighted by atomic mass is 9.90. The molecule has 94 valence electrons. The van der Waals surface area contributed by atoms with Gasteiger partial charge in [-0.15, -0.1) is 0 Å². The van der Waals surface area contributed by atoms with E-state index in [0.717, 1.165) is 17.9 Å². The van der Waals surface area contributed by atoms with Crippen molar-refractivity contribution in [2.45, 2.75) is 64.2 Å². The highest BCUT2D eigenvalue weighted by atomic mass is 35.5. The van der Waals surface area contributed by atoms with Gasteiger partial charge in [0.1, 0.15) is 11.0 Å². The molecule has 0 spiro atoms. The summed E-state index contributed by atoms with van der Waals surface area (Å²) >= 11 is 6.07. The Morgan fingerprint density at radius 2 is 1.76 bits per heavy atom. The van der Waals surface area contributed by atoms with Gasteiger partial charge in [0.15, 0.2) is 0 Å². The Labute approximate surface area is 109 Å². The molecule has 1 aromatic rings. The van der Waals surface area contributed by atoms with Gasteiger partial charge in [-0.05, 0) is 25.3 Å². The maximum Gasteiger partial charge on any atom is 0.133 e. The van der Waals surface area contributed by atoms with Crippen LogP contribution in [0, 0.1) is 0 Å². The molecule has 1 aliphatic carbocycles. The van der Waals surface area contributed by atoms with E-state index >= 15 is 0 Å². The molecule has 0 N–H and O–H groups in total. The highest BCUT2D eigenvalue weighted by molar-refractivity contribution is 6.29. The number of hydrogen-bond donors (Lipinski definition) is 0. The maximum absolute atomic E-state index is 6.07. The van der Waals surface area contributed by atoms with Crippen molar-refractivity contribution in [1.29, 1.82) is 0 Å². The number of aromatic nitrogens is 2. The van der Waals surface area contributed by atoms with E-state index in [1.165, 1.54) is 44.9 Å². The molecule has 3 heteroatoms. The van der Waals surface area contributed by atoms with Crippen molar-refractivity contribution in [3.05, 3.63) is 22.7 Å². The Morgan fingerprint density at radius 3 is 2.41 bits per heavy atom. The van der Waals surface area contributed by atoms with Crippen LogP contribution in [-0.2, 0) is 6.42 Å². The maximum atomic E-state index is 6.07. The molecular weight excluding hydrogens is 232 g/mol. The van der Waals surface area contributed by atoms with Crippen molar-refractivity contribution >= 4 is 11.6 Å². The minimum absolute atomic E-state index is 0.527. The van der Waals surface area contributed by atoms with E-state index < -0.39 is 0 Å². The van der Waals surface area contributed by atoms with Gasteiger partial charge >= 0.3 is 0 Å². The molecule has 0 saturated heterocycles. The Morgan fingerprint density at radius 1 is 1.12 bits per heavy atom. The first-order valence-electron chi connectivity index (χ1n) is 6.83. The van der Waals surface area contributed by atoms with E-state index in [9.17, 15) is 0 Å². The van der Waals surface area contributed by atoms with Crippen LogP contribution in [0.3, 0.4) is 0 Å². The Bertz CT molecular complexity index is 357. The van der Waals surface area contributed by atoms with Crippen molar-refractivity contribution in [3.8, 4) is 0 Å². The molecule has 2 nitrogen and oxygen atoms in total. The Balaban J connectivity index is 2.15. The fourth-order valence-corrected chi connectivity index (χ4v) is 2.77. The molecule has 0 bridgehead atoms. The third-order valence-corrected chi connectivity index (χ3v) is 3.79. The summed E-state index contributed by atoms with van der Waals surface area (Å²) in [6.07, 6.45) is 10.1. The monoisotopic (exact) mass is 252 g/mol. The molecule has 2 rings (SSSR count). The van der Waals surface area contributed by atoms with E-state index in [4.69, 9.17) is 11.6 Å². The van der Waals surface area contributed by atoms with Crippen LogP contribution in [0.5, 0.6) is 0 Å². The van der Waals surface area contributed by atoms with E-state index in [0.29, 0.717) is 11.1 Å². The average Bonchev–Trinajstić information content (AvgIpc) is 2.27. The zero-order valence-corrected chi connectivity index (χ0v) is 11.3. The summed E-state index contributed by atoms with van der Waals surface area (Å²) in [7, 11) is 0. The summed E-state index contributed by atoms with van der Waals surface area (Å²) in [5, 5.41) is 0.605. The van der Waals surface area contributed by atoms with Crippen LogP contribution in [0.25, 0.3) is 0 Å². The molecule has 0 atom stereocenters. The van der Waals surface area contributed by atoms with Crippen molar-refractivity contribution in [2.75, 3.05) is 0 Å². The smallest absolute Gasteiger partial charge is 0.133 e. The molecule has 1 aliphatic rings. The second-order valence-electron chi connectivity index (χ2n) is 4.94. The summed E-state index contributed by atoms with van der Waals surface area (Å²) in [6, 6.07) is 1.88. The fourth-order valence-electron chi connectivity index (χ4n) is 2.56. The van der Waals surface area contributed by atoms with Crippen LogP contribution in [0.4, 0.5) is 0 Å². The van der Waals surface area contributed by atoms with Gasteiger partial charge in [-0.25, -0.2) is 9.97 Å². The van der Waals surface area contributed by atoms with Crippen molar-refractivity contribution < 1.29 is 0 Å². The summed E-state index contributed by atoms with van der Waals surface area (Å²) in [5.41, 5.74) is 1.07. The van der Waals surface area contributed by atoms with Crippen molar-refractivity contribution in [1.82, 2.24) is 9.97 Å². The van der Waals surface area contributed by atoms with E-state index in [-0.39, 0.29) is 0 Å². The average molecular weight is 253 g/mol. The largest absolute Gasteiger partial charge is 0.238 e. The minimum Gasteiger partial charge on any atom is -0.238 e. The van der Waals surface area contributed by atoms with Gasteiger partial charge in [0.25, 0.3) is 0 Å². The Hall–Kier alpha value is -0.630. The molecule has 1 saturated carbocycles. The van der Waals surface area contributed by atoms with Gasteiger partial charge in [0, 0.05) is 11.6 Å². The molecule has 0 aliphatic heterocycles. The zero-order valence-electron chi connectivity index (χ0n) is 10.6. The highest BCUT2D eigenvalue weighted by Gasteiger charge is 2.17. The number of nitrogens with zero attached hydrogens (tertiary/aromatic N) is 2. The third kappa shape index (κ3) is 3.67. The quantitative estimate of drug-likeness (QED) is 0.724. The van der Waals surface area contributed by atoms with Crippen LogP contribution in [0.2, 0.25) is 5.15 Å². The lowest BCUT2D eigenvalue weighted by Crippen LogP contribution is -2.08. The normalized spacial score (nSPS) is 18.7. The van der Waals surface area contributed by atoms with Crippen LogP contribution in [0.15, 0.2) is 6.07 Å². The van der Waals surface area contributed by atoms with Gasteiger partial charge < -0.3 is 0 Å². The molecule has 17 heavy (non-hydrogen) atoms. The first-order chi connectivity index (χ1) is 8.29. The first kappa shape index (κ1) is 12.8. The minimum atomic E-state index is 0.527. The van der Waals surface area contributed by atoms with Crippen LogP contribution in [-0.4, -0.2) is 9.97 Å². The van der Waals surface area contributed by atoms with Crippen LogP contribution < -0.4 is 0 Å². The summed E-state index contributed by atoms with van der Waals surface area (Å²) < 4.78 is 0. The van der Waals surface area contributed by atoms with Gasteiger partial charge in [-0.3, -0.25) is 0 Å². The molecular formula is C14H21ClN2. The van der Waals surface area contributed by atoms with Gasteiger partial charge in [0.2, 0.25) is 0 Å². The standard InChI is InChI=1S/C14H21ClN2/c1-2-12-10-13(15)17-14(16-12)11-8-6-4-3-5-7-9-11/h10-11H,2-9H2,1H3. The Kier molecular flexibility index (Phi) is 4.78. The van der Waals surface area contributed by atoms with E-state index in [1.807, 2.05) is 6.07 Å². The summed E-state index contributed by atoms with van der Waals surface area (Å²) in [6.45, 7) is 2.11. The first-order valence-corrected chi connectivity index (χ1v) is 7.20. The zero-order chi connectivity index (χ0) is 12.1. The van der Waals surface area contributed by atoms with Crippen LogP contribution >= 0.6 is 11.6 Å². The lowest BCUT2D eigenvalue weighted by Gasteiger charge is -2.18. The molecule has 1 aromatic heterocycles. The molecule has 1 fully saturated rings. The molecule has 0 amide bonds. The van der Waals surface area contributed by atoms with E-state index in [1.54, 1.807) is 0 Å². The second-order valence-corrected chi connectivity index (χ2v) is 5.32. The second kappa shape index (κ2) is 6.34. The van der Waals surface area contributed by atoms with E-state index in [2.05, 4.69) is 16.9 Å². The topological polar surface area (TPSA) is 25.8 Å². The number of halogens is 1. The SMILES string of the molecule is CCc1cc(Cl)nc(C2CCCCCCC2)n1. The van der Waals surface area contributed by atoms with Crippen molar-refractivity contribution in [3.63, 3.8) is 0 Å². The number of hydrogen-bond acceptors (Lipinski definition) is 2. The lowest BCUT2D eigenvalue weighted by molar-refractivity contribution is 0.441. The van der Waals surface area contributed by atoms with Crippen molar-refractivity contribution in [2.24, 2.45) is 0 Å². The number of aryl methyl sites for hydroxylation is 1. The molecule has 0 unspecified atom stereocenters. The third-order valence-electron chi connectivity index (χ3n) is 3.60. The number of rotatable bonds is 2. The summed E-state index contributed by atoms with van der Waals surface area (Å²) in [4.78, 5) is 9.08. The molecule has 0 radical (unpaired) electrons. The summed E-state index contributed by atoms with van der Waals surface area (Å²) in [5.74, 6) is 1.51. The molecule has 0 aromatic carbocycles. The molecule has 1 heterocycles. The van der Waals surface area contributed by atoms with Gasteiger partial charge in [0.05, 0.1) is 0 Å². The van der Waals surface area contributed by atoms with Gasteiger partial charge in [-0.2, -0.15) is 0 Å². The fraction of sp³-hybridized carbons (Fsp3) is 0.714. The predicted octanol–water partition coefficient (Wildman–Crippen LogP) is 4.52. The predicted molar refractivity (Wildman–Crippen MR) is 71.5 cm³/mol. The van der Waals surface area contributed by atoms with Gasteiger partial charge in [-0.1, -0.05) is 50.6 Å².